The highest BCUT2D eigenvalue weighted by molar-refractivity contribution is 6.32. The van der Waals surface area contributed by atoms with Gasteiger partial charge in [0.15, 0.2) is 11.5 Å². The summed E-state index contributed by atoms with van der Waals surface area (Å²) < 4.78 is 10.4. The summed E-state index contributed by atoms with van der Waals surface area (Å²) in [7, 11) is 5.10. The van der Waals surface area contributed by atoms with Crippen molar-refractivity contribution in [2.24, 2.45) is 0 Å². The second-order valence-corrected chi connectivity index (χ2v) is 5.20. The van der Waals surface area contributed by atoms with Crippen LogP contribution in [-0.4, -0.2) is 63.2 Å². The first-order chi connectivity index (χ1) is 9.56. The fourth-order valence-electron chi connectivity index (χ4n) is 2.23. The number of hydrogen-bond donors (Lipinski definition) is 0. The van der Waals surface area contributed by atoms with Gasteiger partial charge in [-0.25, -0.2) is 0 Å². The topological polar surface area (TPSA) is 42.0 Å². The zero-order valence-corrected chi connectivity index (χ0v) is 12.7. The van der Waals surface area contributed by atoms with Crippen LogP contribution in [0, 0.1) is 0 Å². The molecular weight excluding hydrogens is 280 g/mol. The molecule has 1 aliphatic rings. The number of carbonyl (C=O) groups excluding carboxylic acids is 1. The highest BCUT2D eigenvalue weighted by Gasteiger charge is 2.22. The van der Waals surface area contributed by atoms with Crippen molar-refractivity contribution in [3.63, 3.8) is 0 Å². The molecule has 1 fully saturated rings. The van der Waals surface area contributed by atoms with Crippen LogP contribution in [0.25, 0.3) is 0 Å². The minimum atomic E-state index is -0.0269. The summed E-state index contributed by atoms with van der Waals surface area (Å²) in [6.07, 6.45) is 0. The number of nitrogens with zero attached hydrogens (tertiary/aromatic N) is 2. The van der Waals surface area contributed by atoms with Gasteiger partial charge in [0.05, 0.1) is 19.2 Å². The van der Waals surface area contributed by atoms with E-state index in [0.29, 0.717) is 22.1 Å². The van der Waals surface area contributed by atoms with Crippen molar-refractivity contribution in [3.05, 3.63) is 22.7 Å². The fourth-order valence-corrected chi connectivity index (χ4v) is 2.52. The molecule has 0 aliphatic carbocycles. The predicted molar refractivity (Wildman–Crippen MR) is 78.0 cm³/mol. The molecule has 0 radical (unpaired) electrons. The predicted octanol–water partition coefficient (Wildman–Crippen LogP) is 1.74. The maximum Gasteiger partial charge on any atom is 0.254 e. The molecule has 0 unspecified atom stereocenters. The average Bonchev–Trinajstić information content (AvgIpc) is 2.46. The summed E-state index contributed by atoms with van der Waals surface area (Å²) in [6.45, 7) is 3.21. The van der Waals surface area contributed by atoms with Gasteiger partial charge < -0.3 is 19.3 Å². The van der Waals surface area contributed by atoms with E-state index >= 15 is 0 Å². The van der Waals surface area contributed by atoms with Crippen LogP contribution in [0.1, 0.15) is 10.4 Å². The first kappa shape index (κ1) is 14.9. The summed E-state index contributed by atoms with van der Waals surface area (Å²) >= 11 is 6.14. The lowest BCUT2D eigenvalue weighted by Crippen LogP contribution is -2.47. The molecule has 1 heterocycles. The number of hydrogen-bond acceptors (Lipinski definition) is 4. The largest absolute Gasteiger partial charge is 0.493 e. The van der Waals surface area contributed by atoms with Gasteiger partial charge in [-0.1, -0.05) is 11.6 Å². The van der Waals surface area contributed by atoms with Crippen molar-refractivity contribution in [1.29, 1.82) is 0 Å². The Bertz CT molecular complexity index is 499. The highest BCUT2D eigenvalue weighted by atomic mass is 35.5. The summed E-state index contributed by atoms with van der Waals surface area (Å²) in [5.74, 6) is 0.891. The lowest BCUT2D eigenvalue weighted by molar-refractivity contribution is 0.0663. The van der Waals surface area contributed by atoms with Crippen LogP contribution in [-0.2, 0) is 0 Å². The van der Waals surface area contributed by atoms with Crippen molar-refractivity contribution in [2.75, 3.05) is 47.4 Å². The smallest absolute Gasteiger partial charge is 0.254 e. The van der Waals surface area contributed by atoms with Gasteiger partial charge in [0.1, 0.15) is 0 Å². The number of benzene rings is 1. The molecule has 0 atom stereocenters. The summed E-state index contributed by atoms with van der Waals surface area (Å²) in [5, 5.41) is 0.379. The van der Waals surface area contributed by atoms with Crippen LogP contribution >= 0.6 is 11.6 Å². The van der Waals surface area contributed by atoms with Gasteiger partial charge in [0.25, 0.3) is 5.91 Å². The van der Waals surface area contributed by atoms with Crippen molar-refractivity contribution in [2.45, 2.75) is 0 Å². The molecule has 1 aromatic rings. The number of piperazine rings is 1. The molecule has 2 rings (SSSR count). The Hall–Kier alpha value is -1.46. The maximum atomic E-state index is 12.5. The van der Waals surface area contributed by atoms with E-state index in [2.05, 4.69) is 11.9 Å². The summed E-state index contributed by atoms with van der Waals surface area (Å²) in [6, 6.07) is 3.30. The normalized spacial score (nSPS) is 16.1. The van der Waals surface area contributed by atoms with E-state index in [4.69, 9.17) is 21.1 Å². The third kappa shape index (κ3) is 2.99. The fraction of sp³-hybridized carbons (Fsp3) is 0.500. The molecule has 20 heavy (non-hydrogen) atoms. The number of rotatable bonds is 3. The Kier molecular flexibility index (Phi) is 4.73. The molecule has 1 aromatic carbocycles. The number of halogens is 1. The van der Waals surface area contributed by atoms with E-state index < -0.39 is 0 Å². The third-order valence-electron chi connectivity index (χ3n) is 3.47. The van der Waals surface area contributed by atoms with Crippen molar-refractivity contribution < 1.29 is 14.3 Å². The van der Waals surface area contributed by atoms with Crippen molar-refractivity contribution in [1.82, 2.24) is 9.80 Å². The second-order valence-electron chi connectivity index (χ2n) is 4.79. The van der Waals surface area contributed by atoms with Gasteiger partial charge in [0.2, 0.25) is 0 Å². The number of carbonyl (C=O) groups is 1. The Morgan fingerprint density at radius 3 is 2.35 bits per heavy atom. The minimum Gasteiger partial charge on any atom is -0.493 e. The molecule has 0 aromatic heterocycles. The molecule has 5 nitrogen and oxygen atoms in total. The molecule has 0 saturated carbocycles. The van der Waals surface area contributed by atoms with Crippen LogP contribution in [0.3, 0.4) is 0 Å². The number of amides is 1. The van der Waals surface area contributed by atoms with Gasteiger partial charge in [0, 0.05) is 31.7 Å². The maximum absolute atomic E-state index is 12.5. The Labute approximate surface area is 124 Å². The molecule has 6 heteroatoms. The van der Waals surface area contributed by atoms with Crippen molar-refractivity contribution in [3.8, 4) is 11.5 Å². The Balaban J connectivity index is 2.24. The number of methoxy groups -OCH3 is 2. The van der Waals surface area contributed by atoms with E-state index in [0.717, 1.165) is 26.2 Å². The molecular formula is C14H19ClN2O3. The monoisotopic (exact) mass is 298 g/mol. The quantitative estimate of drug-likeness (QED) is 0.852. The lowest BCUT2D eigenvalue weighted by Gasteiger charge is -2.32. The van der Waals surface area contributed by atoms with Gasteiger partial charge in [-0.15, -0.1) is 0 Å². The highest BCUT2D eigenvalue weighted by Crippen LogP contribution is 2.36. The first-order valence-electron chi connectivity index (χ1n) is 6.46. The molecule has 1 amide bonds. The molecule has 110 valence electrons. The Morgan fingerprint density at radius 1 is 1.15 bits per heavy atom. The molecule has 0 spiro atoms. The second kappa shape index (κ2) is 6.33. The zero-order valence-electron chi connectivity index (χ0n) is 12.0. The summed E-state index contributed by atoms with van der Waals surface area (Å²) in [5.41, 5.74) is 0.525. The van der Waals surface area contributed by atoms with Gasteiger partial charge >= 0.3 is 0 Å². The van der Waals surface area contributed by atoms with Gasteiger partial charge in [-0.05, 0) is 19.2 Å². The number of ether oxygens (including phenoxy) is 2. The van der Waals surface area contributed by atoms with Gasteiger partial charge in [-0.2, -0.15) is 0 Å². The zero-order chi connectivity index (χ0) is 14.7. The van der Waals surface area contributed by atoms with E-state index in [1.54, 1.807) is 12.1 Å². The van der Waals surface area contributed by atoms with Gasteiger partial charge in [-0.3, -0.25) is 4.79 Å². The van der Waals surface area contributed by atoms with E-state index in [1.165, 1.54) is 14.2 Å². The molecule has 1 aliphatic heterocycles. The van der Waals surface area contributed by atoms with Crippen molar-refractivity contribution >= 4 is 17.5 Å². The SMILES string of the molecule is COc1cc(C(=O)N2CCN(C)CC2)cc(Cl)c1OC. The van der Waals surface area contributed by atoms with E-state index in [1.807, 2.05) is 4.90 Å². The molecule has 0 bridgehead atoms. The minimum absolute atomic E-state index is 0.0269. The van der Waals surface area contributed by atoms with E-state index in [-0.39, 0.29) is 5.91 Å². The van der Waals surface area contributed by atoms with E-state index in [9.17, 15) is 4.79 Å². The van der Waals surface area contributed by atoms with Crippen LogP contribution in [0.15, 0.2) is 12.1 Å². The lowest BCUT2D eigenvalue weighted by atomic mass is 10.1. The Morgan fingerprint density at radius 2 is 1.80 bits per heavy atom. The average molecular weight is 299 g/mol. The first-order valence-corrected chi connectivity index (χ1v) is 6.84. The standard InChI is InChI=1S/C14H19ClN2O3/c1-16-4-6-17(7-5-16)14(18)10-8-11(15)13(20-3)12(9-10)19-2/h8-9H,4-7H2,1-3H3. The third-order valence-corrected chi connectivity index (χ3v) is 3.75. The van der Waals surface area contributed by atoms with Crippen LogP contribution in [0.5, 0.6) is 11.5 Å². The molecule has 0 N–H and O–H groups in total. The molecule has 1 saturated heterocycles. The van der Waals surface area contributed by atoms with Crippen LogP contribution in [0.2, 0.25) is 5.02 Å². The van der Waals surface area contributed by atoms with Crippen LogP contribution < -0.4 is 9.47 Å². The number of likely N-dealkylation sites (N-methyl/N-ethyl adjacent to an activating group) is 1. The van der Waals surface area contributed by atoms with Crippen LogP contribution in [0.4, 0.5) is 0 Å². The summed E-state index contributed by atoms with van der Waals surface area (Å²) in [4.78, 5) is 16.5.